The van der Waals surface area contributed by atoms with Gasteiger partial charge in [0.1, 0.15) is 0 Å². The van der Waals surface area contributed by atoms with Crippen LogP contribution in [0.4, 0.5) is 0 Å². The number of hydrogen-bond acceptors (Lipinski definition) is 0. The molecule has 1 aliphatic carbocycles. The maximum absolute atomic E-state index is 2.62. The molecule has 0 saturated heterocycles. The Balaban J connectivity index is 1.48. The Morgan fingerprint density at radius 2 is 1.31 bits per heavy atom. The maximum atomic E-state index is 2.62. The summed E-state index contributed by atoms with van der Waals surface area (Å²) in [6.07, 6.45) is 6.90. The van der Waals surface area contributed by atoms with Gasteiger partial charge in [-0.25, -0.2) is 0 Å². The molecule has 0 radical (unpaired) electrons. The first-order valence-electron chi connectivity index (χ1n) is 15.0. The molecule has 2 aliphatic heterocycles. The highest BCUT2D eigenvalue weighted by molar-refractivity contribution is 7.00. The summed E-state index contributed by atoms with van der Waals surface area (Å²) >= 11 is 0. The fourth-order valence-corrected chi connectivity index (χ4v) is 8.60. The lowest BCUT2D eigenvalue weighted by Gasteiger charge is -2.33. The molecule has 0 bridgehead atoms. The first-order valence-corrected chi connectivity index (χ1v) is 15.0. The zero-order valence-corrected chi connectivity index (χ0v) is 22.9. The predicted molar refractivity (Wildman–Crippen MR) is 176 cm³/mol. The van der Waals surface area contributed by atoms with E-state index in [4.69, 9.17) is 0 Å². The van der Waals surface area contributed by atoms with E-state index in [1.807, 2.05) is 0 Å². The lowest BCUT2D eigenvalue weighted by molar-refractivity contribution is 0.890. The molecule has 0 amide bonds. The first-order chi connectivity index (χ1) is 20.9. The molecule has 5 aromatic carbocycles. The van der Waals surface area contributed by atoms with Crippen LogP contribution in [0.2, 0.25) is 0 Å². The second-order valence-electron chi connectivity index (χ2n) is 12.0. The van der Waals surface area contributed by atoms with Crippen molar-refractivity contribution >= 4 is 72.9 Å². The molecular weight excluding hydrogens is 509 g/mol. The van der Waals surface area contributed by atoms with Crippen LogP contribution < -0.4 is 16.5 Å². The van der Waals surface area contributed by atoms with E-state index >= 15 is 0 Å². The number of allylic oxidation sites excluding steroid dienone is 1. The standard InChI is InChI=1S/C38H24BN3/c1-2-12-23(13-3-1)40-32-20-10-6-16-26(32)37-38(40)39-29-17-7-11-21-33(29)41-30-18-8-4-14-24(30)27-22-28-25-15-5-9-19-31(25)42(37)36(28)34(39)35(27)41/h1-7,9-17,19-22H,8,18H2. The van der Waals surface area contributed by atoms with E-state index in [1.165, 1.54) is 88.5 Å². The summed E-state index contributed by atoms with van der Waals surface area (Å²) in [5.41, 5.74) is 16.2. The molecule has 3 nitrogen and oxygen atoms in total. The molecule has 0 spiro atoms. The van der Waals surface area contributed by atoms with Gasteiger partial charge in [-0.15, -0.1) is 0 Å². The summed E-state index contributed by atoms with van der Waals surface area (Å²) < 4.78 is 7.78. The molecule has 0 N–H and O–H groups in total. The molecule has 3 aromatic heterocycles. The van der Waals surface area contributed by atoms with Crippen LogP contribution in [0.1, 0.15) is 17.7 Å². The number of benzene rings is 5. The summed E-state index contributed by atoms with van der Waals surface area (Å²) in [6.45, 7) is 0.111. The number of nitrogens with zero attached hydrogens (tertiary/aromatic N) is 3. The Labute approximate surface area is 242 Å². The van der Waals surface area contributed by atoms with E-state index in [0.717, 1.165) is 12.8 Å². The zero-order chi connectivity index (χ0) is 27.1. The smallest absolute Gasteiger partial charge is 0.273 e. The molecule has 0 unspecified atom stereocenters. The Bertz CT molecular complexity index is 2520. The fraction of sp³-hybridized carbons (Fsp3) is 0.0526. The van der Waals surface area contributed by atoms with Crippen LogP contribution in [0.25, 0.3) is 66.7 Å². The van der Waals surface area contributed by atoms with Crippen LogP contribution in [-0.4, -0.2) is 20.4 Å². The van der Waals surface area contributed by atoms with Gasteiger partial charge < -0.3 is 13.7 Å². The molecule has 0 atom stereocenters. The van der Waals surface area contributed by atoms with Gasteiger partial charge in [0.25, 0.3) is 6.71 Å². The highest BCUT2D eigenvalue weighted by Crippen LogP contribution is 2.44. The van der Waals surface area contributed by atoms with E-state index in [1.54, 1.807) is 0 Å². The van der Waals surface area contributed by atoms with Crippen molar-refractivity contribution in [3.8, 4) is 17.1 Å². The second-order valence-corrected chi connectivity index (χ2v) is 12.0. The zero-order valence-electron chi connectivity index (χ0n) is 22.9. The monoisotopic (exact) mass is 533 g/mol. The van der Waals surface area contributed by atoms with Gasteiger partial charge in [-0.2, -0.15) is 0 Å². The average Bonchev–Trinajstić information content (AvgIpc) is 3.69. The number of fused-ring (bicyclic) bond motifs is 14. The van der Waals surface area contributed by atoms with Crippen molar-refractivity contribution in [2.75, 3.05) is 0 Å². The molecule has 194 valence electrons. The van der Waals surface area contributed by atoms with Gasteiger partial charge in [-0.1, -0.05) is 84.9 Å². The average molecular weight is 533 g/mol. The highest BCUT2D eigenvalue weighted by Gasteiger charge is 2.44. The third-order valence-corrected chi connectivity index (χ3v) is 10.1. The first kappa shape index (κ1) is 21.5. The van der Waals surface area contributed by atoms with Crippen molar-refractivity contribution in [2.45, 2.75) is 12.8 Å². The van der Waals surface area contributed by atoms with Crippen LogP contribution in [0, 0.1) is 0 Å². The van der Waals surface area contributed by atoms with Crippen LogP contribution >= 0.6 is 0 Å². The Kier molecular flexibility index (Phi) is 3.76. The molecule has 8 aromatic rings. The highest BCUT2D eigenvalue weighted by atomic mass is 15.1. The third kappa shape index (κ3) is 2.32. The van der Waals surface area contributed by atoms with Gasteiger partial charge in [0.15, 0.2) is 0 Å². The fourth-order valence-electron chi connectivity index (χ4n) is 8.60. The van der Waals surface area contributed by atoms with Crippen LogP contribution in [0.5, 0.6) is 0 Å². The summed E-state index contributed by atoms with van der Waals surface area (Å²) in [5, 5.41) is 5.37. The van der Waals surface area contributed by atoms with Crippen molar-refractivity contribution in [3.05, 3.63) is 127 Å². The topological polar surface area (TPSA) is 14.8 Å². The largest absolute Gasteiger partial charge is 0.319 e. The van der Waals surface area contributed by atoms with Crippen molar-refractivity contribution < 1.29 is 0 Å². The molecular formula is C38H24BN3. The van der Waals surface area contributed by atoms with Crippen molar-refractivity contribution in [1.29, 1.82) is 0 Å². The Morgan fingerprint density at radius 3 is 2.19 bits per heavy atom. The second kappa shape index (κ2) is 7.34. The van der Waals surface area contributed by atoms with Crippen molar-refractivity contribution in [3.63, 3.8) is 0 Å². The molecule has 11 rings (SSSR count). The van der Waals surface area contributed by atoms with Crippen molar-refractivity contribution in [2.24, 2.45) is 0 Å². The van der Waals surface area contributed by atoms with E-state index in [-0.39, 0.29) is 6.71 Å². The number of rotatable bonds is 1. The van der Waals surface area contributed by atoms with Crippen LogP contribution in [-0.2, 0) is 6.42 Å². The van der Waals surface area contributed by atoms with Gasteiger partial charge in [0.2, 0.25) is 0 Å². The van der Waals surface area contributed by atoms with Crippen molar-refractivity contribution in [1.82, 2.24) is 13.7 Å². The minimum absolute atomic E-state index is 0.111. The number of para-hydroxylation sites is 4. The summed E-state index contributed by atoms with van der Waals surface area (Å²) in [5.74, 6) is 0. The SMILES string of the molecule is C1=Cc2c(n3c4c5c6c(cc24)c2ccccc2n6-c2c(n(-c4ccccc4)c4ccccc24)B5c2ccccc2-3)CC1. The van der Waals surface area contributed by atoms with Gasteiger partial charge in [0.05, 0.1) is 27.8 Å². The molecule has 0 fully saturated rings. The van der Waals surface area contributed by atoms with Crippen LogP contribution in [0.15, 0.2) is 115 Å². The van der Waals surface area contributed by atoms with Gasteiger partial charge in [-0.3, -0.25) is 0 Å². The maximum Gasteiger partial charge on any atom is 0.273 e. The summed E-state index contributed by atoms with van der Waals surface area (Å²) in [4.78, 5) is 0. The molecule has 42 heavy (non-hydrogen) atoms. The molecule has 5 heterocycles. The summed E-state index contributed by atoms with van der Waals surface area (Å²) in [6, 6.07) is 40.6. The number of hydrogen-bond donors (Lipinski definition) is 0. The molecule has 4 heteroatoms. The normalized spacial score (nSPS) is 14.3. The van der Waals surface area contributed by atoms with Gasteiger partial charge in [-0.05, 0) is 60.2 Å². The lowest BCUT2D eigenvalue weighted by atomic mass is 9.35. The van der Waals surface area contributed by atoms with Gasteiger partial charge >= 0.3 is 0 Å². The van der Waals surface area contributed by atoms with E-state index < -0.39 is 0 Å². The van der Waals surface area contributed by atoms with Gasteiger partial charge in [0, 0.05) is 49.8 Å². The Morgan fingerprint density at radius 1 is 0.595 bits per heavy atom. The molecule has 0 saturated carbocycles. The predicted octanol–water partition coefficient (Wildman–Crippen LogP) is 6.77. The third-order valence-electron chi connectivity index (χ3n) is 10.1. The molecule has 3 aliphatic rings. The van der Waals surface area contributed by atoms with E-state index in [2.05, 4.69) is 135 Å². The van der Waals surface area contributed by atoms with Crippen LogP contribution in [0.3, 0.4) is 0 Å². The number of aromatic nitrogens is 3. The minimum atomic E-state index is 0.111. The lowest BCUT2D eigenvalue weighted by Crippen LogP contribution is -2.61. The van der Waals surface area contributed by atoms with E-state index in [9.17, 15) is 0 Å². The quantitative estimate of drug-likeness (QED) is 0.207. The minimum Gasteiger partial charge on any atom is -0.319 e. The van der Waals surface area contributed by atoms with E-state index in [0.29, 0.717) is 0 Å². The Hall–Kier alpha value is -5.22. The summed E-state index contributed by atoms with van der Waals surface area (Å²) in [7, 11) is 0.